The lowest BCUT2D eigenvalue weighted by Gasteiger charge is -2.00. The van der Waals surface area contributed by atoms with Gasteiger partial charge < -0.3 is 9.15 Å². The zero-order valence-corrected chi connectivity index (χ0v) is 9.72. The Hall–Kier alpha value is -0.960. The second-order valence-corrected chi connectivity index (χ2v) is 4.01. The standard InChI is InChI=1S/C11H11BrO2/c1-3-9-5-7-4-8(12)6-10(13-2)11(7)14-9/h4-6H,3H2,1-2H3. The topological polar surface area (TPSA) is 22.4 Å². The van der Waals surface area contributed by atoms with Crippen LogP contribution in [-0.4, -0.2) is 7.11 Å². The lowest BCUT2D eigenvalue weighted by Crippen LogP contribution is -1.82. The first-order chi connectivity index (χ1) is 6.74. The summed E-state index contributed by atoms with van der Waals surface area (Å²) < 4.78 is 11.9. The average molecular weight is 255 g/mol. The molecule has 1 aromatic carbocycles. The fourth-order valence-corrected chi connectivity index (χ4v) is 1.92. The Morgan fingerprint density at radius 2 is 2.14 bits per heavy atom. The van der Waals surface area contributed by atoms with Crippen LogP contribution in [0.1, 0.15) is 12.7 Å². The van der Waals surface area contributed by atoms with Gasteiger partial charge >= 0.3 is 0 Å². The average Bonchev–Trinajstić information content (AvgIpc) is 2.59. The molecular formula is C11H11BrO2. The maximum atomic E-state index is 5.65. The van der Waals surface area contributed by atoms with Crippen LogP contribution in [-0.2, 0) is 6.42 Å². The lowest BCUT2D eigenvalue weighted by molar-refractivity contribution is 0.407. The van der Waals surface area contributed by atoms with Crippen molar-refractivity contribution in [3.63, 3.8) is 0 Å². The van der Waals surface area contributed by atoms with Crippen molar-refractivity contribution in [2.24, 2.45) is 0 Å². The first-order valence-electron chi connectivity index (χ1n) is 4.50. The van der Waals surface area contributed by atoms with E-state index in [1.807, 2.05) is 18.2 Å². The van der Waals surface area contributed by atoms with Gasteiger partial charge in [0, 0.05) is 16.3 Å². The van der Waals surface area contributed by atoms with Gasteiger partial charge in [0.15, 0.2) is 11.3 Å². The number of halogens is 1. The SMILES string of the molecule is CCc1cc2cc(Br)cc(OC)c2o1. The van der Waals surface area contributed by atoms with Crippen LogP contribution in [0.15, 0.2) is 27.1 Å². The summed E-state index contributed by atoms with van der Waals surface area (Å²) in [6.45, 7) is 2.07. The van der Waals surface area contributed by atoms with Crippen molar-refractivity contribution in [2.75, 3.05) is 7.11 Å². The number of ether oxygens (including phenoxy) is 1. The van der Waals surface area contributed by atoms with E-state index in [0.29, 0.717) is 0 Å². The monoisotopic (exact) mass is 254 g/mol. The maximum absolute atomic E-state index is 5.65. The summed E-state index contributed by atoms with van der Waals surface area (Å²) in [5, 5.41) is 1.08. The van der Waals surface area contributed by atoms with Crippen LogP contribution in [0.2, 0.25) is 0 Å². The van der Waals surface area contributed by atoms with E-state index in [-0.39, 0.29) is 0 Å². The Kier molecular flexibility index (Phi) is 2.50. The zero-order valence-electron chi connectivity index (χ0n) is 8.13. The first kappa shape index (κ1) is 9.59. The van der Waals surface area contributed by atoms with E-state index in [1.165, 1.54) is 0 Å². The minimum Gasteiger partial charge on any atom is -0.493 e. The van der Waals surface area contributed by atoms with Gasteiger partial charge in [0.25, 0.3) is 0 Å². The van der Waals surface area contributed by atoms with Crippen LogP contribution >= 0.6 is 15.9 Å². The van der Waals surface area contributed by atoms with Gasteiger partial charge in [-0.2, -0.15) is 0 Å². The van der Waals surface area contributed by atoms with Crippen LogP contribution in [0, 0.1) is 0 Å². The molecule has 0 atom stereocenters. The quantitative estimate of drug-likeness (QED) is 0.815. The van der Waals surface area contributed by atoms with E-state index >= 15 is 0 Å². The first-order valence-corrected chi connectivity index (χ1v) is 5.30. The van der Waals surface area contributed by atoms with Crippen LogP contribution < -0.4 is 4.74 Å². The summed E-state index contributed by atoms with van der Waals surface area (Å²) in [4.78, 5) is 0. The van der Waals surface area contributed by atoms with Gasteiger partial charge in [0.05, 0.1) is 7.11 Å². The summed E-state index contributed by atoms with van der Waals surface area (Å²) in [6, 6.07) is 5.98. The maximum Gasteiger partial charge on any atom is 0.176 e. The molecule has 0 bridgehead atoms. The molecule has 74 valence electrons. The number of fused-ring (bicyclic) bond motifs is 1. The predicted octanol–water partition coefficient (Wildman–Crippen LogP) is 3.77. The van der Waals surface area contributed by atoms with Gasteiger partial charge in [0.2, 0.25) is 0 Å². The summed E-state index contributed by atoms with van der Waals surface area (Å²) >= 11 is 3.43. The summed E-state index contributed by atoms with van der Waals surface area (Å²) in [5.74, 6) is 1.76. The molecule has 14 heavy (non-hydrogen) atoms. The molecule has 2 aromatic rings. The van der Waals surface area contributed by atoms with Crippen molar-refractivity contribution >= 4 is 26.9 Å². The molecule has 0 aliphatic rings. The third-order valence-electron chi connectivity index (χ3n) is 2.17. The van der Waals surface area contributed by atoms with E-state index in [9.17, 15) is 0 Å². The van der Waals surface area contributed by atoms with Gasteiger partial charge in [-0.25, -0.2) is 0 Å². The Morgan fingerprint density at radius 1 is 1.36 bits per heavy atom. The number of hydrogen-bond donors (Lipinski definition) is 0. The fourth-order valence-electron chi connectivity index (χ4n) is 1.47. The normalized spacial score (nSPS) is 10.8. The zero-order chi connectivity index (χ0) is 10.1. The molecule has 0 saturated heterocycles. The molecule has 0 saturated carbocycles. The molecule has 0 amide bonds. The van der Waals surface area contributed by atoms with Gasteiger partial charge in [-0.1, -0.05) is 22.9 Å². The van der Waals surface area contributed by atoms with Crippen molar-refractivity contribution in [1.82, 2.24) is 0 Å². The van der Waals surface area contributed by atoms with E-state index < -0.39 is 0 Å². The van der Waals surface area contributed by atoms with Gasteiger partial charge in [0.1, 0.15) is 5.76 Å². The molecule has 3 heteroatoms. The second-order valence-electron chi connectivity index (χ2n) is 3.09. The lowest BCUT2D eigenvalue weighted by atomic mass is 10.2. The molecule has 1 heterocycles. The molecule has 0 aliphatic heterocycles. The third-order valence-corrected chi connectivity index (χ3v) is 2.62. The van der Waals surface area contributed by atoms with E-state index in [0.717, 1.165) is 33.4 Å². The van der Waals surface area contributed by atoms with Crippen molar-refractivity contribution in [3.8, 4) is 5.75 Å². The van der Waals surface area contributed by atoms with E-state index in [4.69, 9.17) is 9.15 Å². The number of hydrogen-bond acceptors (Lipinski definition) is 2. The van der Waals surface area contributed by atoms with E-state index in [2.05, 4.69) is 22.9 Å². The number of aryl methyl sites for hydroxylation is 1. The summed E-state index contributed by atoms with van der Waals surface area (Å²) in [5.41, 5.74) is 0.826. The van der Waals surface area contributed by atoms with Crippen LogP contribution in [0.5, 0.6) is 5.75 Å². The molecule has 0 aliphatic carbocycles. The van der Waals surface area contributed by atoms with Gasteiger partial charge in [-0.05, 0) is 18.2 Å². The van der Waals surface area contributed by atoms with Crippen molar-refractivity contribution in [3.05, 3.63) is 28.4 Å². The Labute approximate surface area is 91.0 Å². The van der Waals surface area contributed by atoms with Crippen LogP contribution in [0.25, 0.3) is 11.0 Å². The molecule has 0 unspecified atom stereocenters. The molecular weight excluding hydrogens is 244 g/mol. The van der Waals surface area contributed by atoms with Crippen molar-refractivity contribution in [1.29, 1.82) is 0 Å². The highest BCUT2D eigenvalue weighted by Crippen LogP contribution is 2.32. The summed E-state index contributed by atoms with van der Waals surface area (Å²) in [6.07, 6.45) is 0.898. The fraction of sp³-hybridized carbons (Fsp3) is 0.273. The second kappa shape index (κ2) is 3.65. The van der Waals surface area contributed by atoms with Crippen molar-refractivity contribution < 1.29 is 9.15 Å². The molecule has 2 rings (SSSR count). The highest BCUT2D eigenvalue weighted by molar-refractivity contribution is 9.10. The number of methoxy groups -OCH3 is 1. The number of furan rings is 1. The largest absolute Gasteiger partial charge is 0.493 e. The molecule has 0 spiro atoms. The highest BCUT2D eigenvalue weighted by Gasteiger charge is 2.08. The molecule has 0 N–H and O–H groups in total. The number of benzene rings is 1. The molecule has 1 aromatic heterocycles. The highest BCUT2D eigenvalue weighted by atomic mass is 79.9. The minimum atomic E-state index is 0.772. The minimum absolute atomic E-state index is 0.772. The van der Waals surface area contributed by atoms with Crippen molar-refractivity contribution in [2.45, 2.75) is 13.3 Å². The van der Waals surface area contributed by atoms with Gasteiger partial charge in [-0.15, -0.1) is 0 Å². The summed E-state index contributed by atoms with van der Waals surface area (Å²) in [7, 11) is 1.65. The van der Waals surface area contributed by atoms with Crippen LogP contribution in [0.3, 0.4) is 0 Å². The predicted molar refractivity (Wildman–Crippen MR) is 59.8 cm³/mol. The smallest absolute Gasteiger partial charge is 0.176 e. The Bertz CT molecular complexity index is 460. The Balaban J connectivity index is 2.71. The van der Waals surface area contributed by atoms with E-state index in [1.54, 1.807) is 7.11 Å². The van der Waals surface area contributed by atoms with Crippen LogP contribution in [0.4, 0.5) is 0 Å². The Morgan fingerprint density at radius 3 is 2.79 bits per heavy atom. The third kappa shape index (κ3) is 1.52. The molecule has 0 fully saturated rings. The van der Waals surface area contributed by atoms with Gasteiger partial charge in [-0.3, -0.25) is 0 Å². The molecule has 2 nitrogen and oxygen atoms in total. The number of rotatable bonds is 2. The molecule has 0 radical (unpaired) electrons.